The molecule has 2 fully saturated rings. The zero-order valence-corrected chi connectivity index (χ0v) is 14.0. The number of nitrogens with zero attached hydrogens (tertiary/aromatic N) is 1. The monoisotopic (exact) mass is 280 g/mol. The van der Waals surface area contributed by atoms with E-state index < -0.39 is 0 Å². The molecule has 118 valence electrons. The highest BCUT2D eigenvalue weighted by atomic mass is 15.2. The molecule has 0 aromatic heterocycles. The molecule has 2 heteroatoms. The molecule has 1 saturated heterocycles. The third-order valence-corrected chi connectivity index (χ3v) is 5.85. The molecule has 0 amide bonds. The molecule has 0 bridgehead atoms. The summed E-state index contributed by atoms with van der Waals surface area (Å²) in [6.45, 7) is 10.9. The topological polar surface area (TPSA) is 15.3 Å². The van der Waals surface area contributed by atoms with Crippen LogP contribution in [-0.4, -0.2) is 36.6 Å². The van der Waals surface area contributed by atoms with Crippen LogP contribution in [0.5, 0.6) is 0 Å². The van der Waals surface area contributed by atoms with Crippen molar-refractivity contribution in [3.8, 4) is 0 Å². The van der Waals surface area contributed by atoms with Crippen molar-refractivity contribution in [1.82, 2.24) is 10.2 Å². The number of nitrogens with one attached hydrogen (secondary N) is 1. The molecule has 3 atom stereocenters. The van der Waals surface area contributed by atoms with Crippen molar-refractivity contribution < 1.29 is 0 Å². The van der Waals surface area contributed by atoms with E-state index in [1.165, 1.54) is 71.0 Å². The molecule has 3 unspecified atom stereocenters. The first kappa shape index (κ1) is 16.3. The van der Waals surface area contributed by atoms with Crippen LogP contribution in [0.4, 0.5) is 0 Å². The summed E-state index contributed by atoms with van der Waals surface area (Å²) in [7, 11) is 0. The third-order valence-electron chi connectivity index (χ3n) is 5.85. The molecule has 1 aliphatic heterocycles. The Bertz CT molecular complexity index is 258. The standard InChI is InChI=1S/C18H36N2/c1-4-11-19-17-8-7-16(6-3)14-18(17)20-12-9-15(5-2)10-13-20/h15-19H,4-14H2,1-3H3. The number of likely N-dealkylation sites (tertiary alicyclic amines) is 1. The van der Waals surface area contributed by atoms with Crippen molar-refractivity contribution in [3.05, 3.63) is 0 Å². The lowest BCUT2D eigenvalue weighted by atomic mass is 9.79. The van der Waals surface area contributed by atoms with Gasteiger partial charge in [-0.15, -0.1) is 0 Å². The molecule has 1 N–H and O–H groups in total. The van der Waals surface area contributed by atoms with Crippen LogP contribution in [0.25, 0.3) is 0 Å². The van der Waals surface area contributed by atoms with E-state index in [0.29, 0.717) is 0 Å². The molecule has 0 aromatic carbocycles. The number of hydrogen-bond acceptors (Lipinski definition) is 2. The van der Waals surface area contributed by atoms with Crippen LogP contribution in [0.2, 0.25) is 0 Å². The summed E-state index contributed by atoms with van der Waals surface area (Å²) in [6, 6.07) is 1.58. The SMILES string of the molecule is CCCNC1CCC(CC)CC1N1CCC(CC)CC1. The highest BCUT2D eigenvalue weighted by molar-refractivity contribution is 4.92. The van der Waals surface area contributed by atoms with Crippen LogP contribution >= 0.6 is 0 Å². The maximum Gasteiger partial charge on any atom is 0.0251 e. The van der Waals surface area contributed by atoms with Crippen molar-refractivity contribution in [2.75, 3.05) is 19.6 Å². The van der Waals surface area contributed by atoms with Crippen molar-refractivity contribution in [2.45, 2.75) is 84.2 Å². The van der Waals surface area contributed by atoms with E-state index in [4.69, 9.17) is 0 Å². The predicted molar refractivity (Wildman–Crippen MR) is 88.1 cm³/mol. The lowest BCUT2D eigenvalue weighted by molar-refractivity contribution is 0.0636. The second-order valence-corrected chi connectivity index (χ2v) is 7.10. The van der Waals surface area contributed by atoms with E-state index in [9.17, 15) is 0 Å². The second-order valence-electron chi connectivity index (χ2n) is 7.10. The lowest BCUT2D eigenvalue weighted by Crippen LogP contribution is -2.55. The van der Waals surface area contributed by atoms with Crippen LogP contribution in [-0.2, 0) is 0 Å². The molecule has 2 nitrogen and oxygen atoms in total. The quantitative estimate of drug-likeness (QED) is 0.789. The predicted octanol–water partition coefficient (Wildman–Crippen LogP) is 4.06. The summed E-state index contributed by atoms with van der Waals surface area (Å²) >= 11 is 0. The molecule has 0 radical (unpaired) electrons. The van der Waals surface area contributed by atoms with Gasteiger partial charge in [-0.2, -0.15) is 0 Å². The van der Waals surface area contributed by atoms with Crippen LogP contribution in [0.15, 0.2) is 0 Å². The van der Waals surface area contributed by atoms with Gasteiger partial charge in [-0.1, -0.05) is 33.6 Å². The van der Waals surface area contributed by atoms with Gasteiger partial charge in [0.2, 0.25) is 0 Å². The molecule has 0 spiro atoms. The minimum absolute atomic E-state index is 0.760. The van der Waals surface area contributed by atoms with E-state index in [0.717, 1.165) is 23.9 Å². The van der Waals surface area contributed by atoms with E-state index >= 15 is 0 Å². The van der Waals surface area contributed by atoms with Gasteiger partial charge in [-0.25, -0.2) is 0 Å². The Morgan fingerprint density at radius 3 is 2.20 bits per heavy atom. The van der Waals surface area contributed by atoms with Gasteiger partial charge in [0.25, 0.3) is 0 Å². The molecule has 2 aliphatic rings. The molecule has 2 rings (SSSR count). The third kappa shape index (κ3) is 4.21. The summed E-state index contributed by atoms with van der Waals surface area (Å²) in [5, 5.41) is 3.85. The van der Waals surface area contributed by atoms with Crippen LogP contribution in [0.1, 0.15) is 72.1 Å². The first-order chi connectivity index (χ1) is 9.78. The van der Waals surface area contributed by atoms with Crippen molar-refractivity contribution >= 4 is 0 Å². The van der Waals surface area contributed by atoms with E-state index in [1.807, 2.05) is 0 Å². The largest absolute Gasteiger partial charge is 0.312 e. The molecule has 1 saturated carbocycles. The van der Waals surface area contributed by atoms with Crippen molar-refractivity contribution in [2.24, 2.45) is 11.8 Å². The fraction of sp³-hybridized carbons (Fsp3) is 1.00. The zero-order chi connectivity index (χ0) is 14.4. The Labute approximate surface area is 126 Å². The highest BCUT2D eigenvalue weighted by Crippen LogP contribution is 2.32. The van der Waals surface area contributed by atoms with Gasteiger partial charge >= 0.3 is 0 Å². The fourth-order valence-corrected chi connectivity index (χ4v) is 4.27. The van der Waals surface area contributed by atoms with Gasteiger partial charge in [0.05, 0.1) is 0 Å². The zero-order valence-electron chi connectivity index (χ0n) is 14.0. The average Bonchev–Trinajstić information content (AvgIpc) is 2.53. The molecular formula is C18H36N2. The molecule has 1 aliphatic carbocycles. The fourth-order valence-electron chi connectivity index (χ4n) is 4.27. The smallest absolute Gasteiger partial charge is 0.0251 e. The second kappa shape index (κ2) is 8.38. The van der Waals surface area contributed by atoms with Gasteiger partial charge in [0.1, 0.15) is 0 Å². The van der Waals surface area contributed by atoms with Crippen LogP contribution in [0.3, 0.4) is 0 Å². The first-order valence-corrected chi connectivity index (χ1v) is 9.25. The summed E-state index contributed by atoms with van der Waals surface area (Å²) in [5.41, 5.74) is 0. The normalized spacial score (nSPS) is 33.5. The Kier molecular flexibility index (Phi) is 6.83. The van der Waals surface area contributed by atoms with E-state index in [1.54, 1.807) is 0 Å². The Balaban J connectivity index is 1.92. The number of hydrogen-bond donors (Lipinski definition) is 1. The van der Waals surface area contributed by atoms with Crippen molar-refractivity contribution in [3.63, 3.8) is 0 Å². The summed E-state index contributed by atoms with van der Waals surface area (Å²) < 4.78 is 0. The summed E-state index contributed by atoms with van der Waals surface area (Å²) in [5.74, 6) is 1.97. The summed E-state index contributed by atoms with van der Waals surface area (Å²) in [6.07, 6.45) is 11.2. The van der Waals surface area contributed by atoms with Gasteiger partial charge in [0.15, 0.2) is 0 Å². The maximum atomic E-state index is 3.85. The lowest BCUT2D eigenvalue weighted by Gasteiger charge is -2.45. The number of rotatable bonds is 6. The van der Waals surface area contributed by atoms with Gasteiger partial charge in [0, 0.05) is 12.1 Å². The molecule has 0 aromatic rings. The van der Waals surface area contributed by atoms with Gasteiger partial charge < -0.3 is 5.32 Å². The van der Waals surface area contributed by atoms with E-state index in [2.05, 4.69) is 31.0 Å². The van der Waals surface area contributed by atoms with E-state index in [-0.39, 0.29) is 0 Å². The molecule has 1 heterocycles. The maximum absolute atomic E-state index is 3.85. The Morgan fingerprint density at radius 2 is 1.60 bits per heavy atom. The Morgan fingerprint density at radius 1 is 0.900 bits per heavy atom. The minimum Gasteiger partial charge on any atom is -0.312 e. The molecule has 20 heavy (non-hydrogen) atoms. The Hall–Kier alpha value is -0.0800. The summed E-state index contributed by atoms with van der Waals surface area (Å²) in [4.78, 5) is 2.83. The van der Waals surface area contributed by atoms with Gasteiger partial charge in [-0.3, -0.25) is 4.90 Å². The number of piperidine rings is 1. The van der Waals surface area contributed by atoms with Crippen LogP contribution in [0, 0.1) is 11.8 Å². The molecular weight excluding hydrogens is 244 g/mol. The highest BCUT2D eigenvalue weighted by Gasteiger charge is 2.34. The van der Waals surface area contributed by atoms with Crippen molar-refractivity contribution in [1.29, 1.82) is 0 Å². The van der Waals surface area contributed by atoms with Gasteiger partial charge in [-0.05, 0) is 70.0 Å². The van der Waals surface area contributed by atoms with Crippen LogP contribution < -0.4 is 5.32 Å². The minimum atomic E-state index is 0.760. The first-order valence-electron chi connectivity index (χ1n) is 9.25. The average molecular weight is 280 g/mol.